The van der Waals surface area contributed by atoms with Crippen LogP contribution in [0.15, 0.2) is 42.7 Å². The predicted octanol–water partition coefficient (Wildman–Crippen LogP) is 2.34. The fraction of sp³-hybridized carbons (Fsp3) is 0.188. The van der Waals surface area contributed by atoms with Crippen LogP contribution in [0, 0.1) is 0 Å². The summed E-state index contributed by atoms with van der Waals surface area (Å²) in [7, 11) is 1.68. The topological polar surface area (TPSA) is 90.8 Å². The second-order valence-electron chi connectivity index (χ2n) is 5.50. The summed E-state index contributed by atoms with van der Waals surface area (Å²) < 4.78 is 41.9. The minimum atomic E-state index is -4.53. The van der Waals surface area contributed by atoms with E-state index in [1.807, 2.05) is 0 Å². The van der Waals surface area contributed by atoms with E-state index in [1.165, 1.54) is 35.1 Å². The highest BCUT2D eigenvalue weighted by molar-refractivity contribution is 6.02. The van der Waals surface area contributed by atoms with Crippen molar-refractivity contribution in [3.8, 4) is 5.69 Å². The molecule has 7 nitrogen and oxygen atoms in total. The van der Waals surface area contributed by atoms with Crippen molar-refractivity contribution in [2.24, 2.45) is 12.8 Å². The number of anilines is 1. The maximum atomic E-state index is 13.1. The van der Waals surface area contributed by atoms with Crippen molar-refractivity contribution in [3.05, 3.63) is 59.5 Å². The maximum Gasteiger partial charge on any atom is 0.418 e. The SMILES string of the molecule is Cn1cc(CN)c(NC(=O)c2ccn(-c3ccccc3C(F)(F)F)n2)n1. The average Bonchev–Trinajstić information content (AvgIpc) is 3.20. The van der Waals surface area contributed by atoms with Gasteiger partial charge in [0.25, 0.3) is 5.91 Å². The van der Waals surface area contributed by atoms with Crippen LogP contribution in [0.5, 0.6) is 0 Å². The number of para-hydroxylation sites is 1. The van der Waals surface area contributed by atoms with Crippen molar-refractivity contribution < 1.29 is 18.0 Å². The normalized spacial score (nSPS) is 11.6. The number of hydrogen-bond donors (Lipinski definition) is 2. The van der Waals surface area contributed by atoms with Crippen LogP contribution in [-0.4, -0.2) is 25.5 Å². The van der Waals surface area contributed by atoms with Gasteiger partial charge >= 0.3 is 6.18 Å². The molecule has 0 aliphatic carbocycles. The van der Waals surface area contributed by atoms with Gasteiger partial charge in [0.05, 0.1) is 11.3 Å². The number of hydrogen-bond acceptors (Lipinski definition) is 4. The van der Waals surface area contributed by atoms with E-state index in [-0.39, 0.29) is 23.7 Å². The predicted molar refractivity (Wildman–Crippen MR) is 87.6 cm³/mol. The minimum absolute atomic E-state index is 0.0457. The number of carbonyl (C=O) groups is 1. The molecule has 0 fully saturated rings. The lowest BCUT2D eigenvalue weighted by Crippen LogP contribution is -2.16. The number of halogens is 3. The molecule has 1 aromatic carbocycles. The van der Waals surface area contributed by atoms with Crippen molar-refractivity contribution in [2.75, 3.05) is 5.32 Å². The Balaban J connectivity index is 1.88. The smallest absolute Gasteiger partial charge is 0.326 e. The van der Waals surface area contributed by atoms with E-state index in [0.29, 0.717) is 5.56 Å². The first-order chi connectivity index (χ1) is 12.3. The molecule has 0 unspecified atom stereocenters. The van der Waals surface area contributed by atoms with Crippen molar-refractivity contribution in [2.45, 2.75) is 12.7 Å². The van der Waals surface area contributed by atoms with Crippen molar-refractivity contribution in [3.63, 3.8) is 0 Å². The third-order valence-corrected chi connectivity index (χ3v) is 3.63. The van der Waals surface area contributed by atoms with Crippen LogP contribution < -0.4 is 11.1 Å². The molecule has 0 aliphatic rings. The Hall–Kier alpha value is -3.14. The van der Waals surface area contributed by atoms with Gasteiger partial charge in [-0.25, -0.2) is 4.68 Å². The quantitative estimate of drug-likeness (QED) is 0.743. The summed E-state index contributed by atoms with van der Waals surface area (Å²) in [5.41, 5.74) is 5.16. The standard InChI is InChI=1S/C16H15F3N6O/c1-24-9-10(8-20)14(23-24)21-15(26)12-6-7-25(22-12)13-5-3-2-4-11(13)16(17,18)19/h2-7,9H,8,20H2,1H3,(H,21,23,26). The summed E-state index contributed by atoms with van der Waals surface area (Å²) in [5, 5.41) is 10.6. The number of nitrogens with one attached hydrogen (secondary N) is 1. The molecule has 2 heterocycles. The van der Waals surface area contributed by atoms with E-state index in [1.54, 1.807) is 13.2 Å². The molecule has 2 aromatic heterocycles. The minimum Gasteiger partial charge on any atom is -0.326 e. The number of amides is 1. The van der Waals surface area contributed by atoms with Crippen molar-refractivity contribution in [1.29, 1.82) is 0 Å². The molecule has 3 aromatic rings. The molecule has 0 spiro atoms. The highest BCUT2D eigenvalue weighted by Crippen LogP contribution is 2.33. The molecular formula is C16H15F3N6O. The van der Waals surface area contributed by atoms with Crippen LogP contribution >= 0.6 is 0 Å². The van der Waals surface area contributed by atoms with Crippen LogP contribution in [0.1, 0.15) is 21.6 Å². The van der Waals surface area contributed by atoms with E-state index in [0.717, 1.165) is 10.7 Å². The Labute approximate surface area is 146 Å². The van der Waals surface area contributed by atoms with E-state index in [4.69, 9.17) is 5.73 Å². The monoisotopic (exact) mass is 364 g/mol. The first-order valence-corrected chi connectivity index (χ1v) is 7.56. The number of aryl methyl sites for hydroxylation is 1. The Morgan fingerprint density at radius 1 is 1.23 bits per heavy atom. The zero-order chi connectivity index (χ0) is 18.9. The molecule has 0 saturated carbocycles. The second-order valence-corrected chi connectivity index (χ2v) is 5.50. The lowest BCUT2D eigenvalue weighted by molar-refractivity contribution is -0.137. The Kier molecular flexibility index (Phi) is 4.51. The third kappa shape index (κ3) is 3.45. The lowest BCUT2D eigenvalue weighted by atomic mass is 10.2. The summed E-state index contributed by atoms with van der Waals surface area (Å²) in [4.78, 5) is 12.3. The van der Waals surface area contributed by atoms with E-state index in [2.05, 4.69) is 15.5 Å². The molecular weight excluding hydrogens is 349 g/mol. The van der Waals surface area contributed by atoms with Crippen molar-refractivity contribution in [1.82, 2.24) is 19.6 Å². The molecule has 0 radical (unpaired) electrons. The largest absolute Gasteiger partial charge is 0.418 e. The summed E-state index contributed by atoms with van der Waals surface area (Å²) in [6.07, 6.45) is -1.58. The number of benzene rings is 1. The summed E-state index contributed by atoms with van der Waals surface area (Å²) in [5.74, 6) is -0.313. The molecule has 26 heavy (non-hydrogen) atoms. The van der Waals surface area contributed by atoms with Crippen LogP contribution in [0.3, 0.4) is 0 Å². The van der Waals surface area contributed by atoms with Gasteiger partial charge < -0.3 is 11.1 Å². The van der Waals surface area contributed by atoms with Gasteiger partial charge in [0.1, 0.15) is 0 Å². The van der Waals surface area contributed by atoms with Gasteiger partial charge in [-0.3, -0.25) is 9.48 Å². The van der Waals surface area contributed by atoms with Gasteiger partial charge in [0.15, 0.2) is 11.5 Å². The molecule has 136 valence electrons. The van der Waals surface area contributed by atoms with E-state index in [9.17, 15) is 18.0 Å². The van der Waals surface area contributed by atoms with Gasteiger partial charge in [-0.1, -0.05) is 12.1 Å². The van der Waals surface area contributed by atoms with Gasteiger partial charge in [0.2, 0.25) is 0 Å². The van der Waals surface area contributed by atoms with Crippen LogP contribution in [-0.2, 0) is 19.8 Å². The Bertz CT molecular complexity index is 944. The number of nitrogens with two attached hydrogens (primary N) is 1. The lowest BCUT2D eigenvalue weighted by Gasteiger charge is -2.12. The van der Waals surface area contributed by atoms with Crippen LogP contribution in [0.4, 0.5) is 19.0 Å². The van der Waals surface area contributed by atoms with Gasteiger partial charge in [-0.15, -0.1) is 0 Å². The Morgan fingerprint density at radius 2 is 1.96 bits per heavy atom. The zero-order valence-electron chi connectivity index (χ0n) is 13.7. The van der Waals surface area contributed by atoms with Crippen LogP contribution in [0.2, 0.25) is 0 Å². The summed E-state index contributed by atoms with van der Waals surface area (Å²) in [6, 6.07) is 6.32. The molecule has 3 N–H and O–H groups in total. The van der Waals surface area contributed by atoms with E-state index < -0.39 is 17.6 Å². The zero-order valence-corrected chi connectivity index (χ0v) is 13.7. The van der Waals surface area contributed by atoms with Gasteiger partial charge in [0, 0.05) is 31.5 Å². The number of nitrogens with zero attached hydrogens (tertiary/aromatic N) is 4. The molecule has 0 atom stereocenters. The molecule has 10 heteroatoms. The number of rotatable bonds is 4. The second kappa shape index (κ2) is 6.64. The third-order valence-electron chi connectivity index (χ3n) is 3.63. The number of aromatic nitrogens is 4. The van der Waals surface area contributed by atoms with E-state index >= 15 is 0 Å². The highest BCUT2D eigenvalue weighted by atomic mass is 19.4. The molecule has 3 rings (SSSR count). The van der Waals surface area contributed by atoms with Crippen molar-refractivity contribution >= 4 is 11.7 Å². The van der Waals surface area contributed by atoms with Crippen LogP contribution in [0.25, 0.3) is 5.69 Å². The van der Waals surface area contributed by atoms with Gasteiger partial charge in [-0.2, -0.15) is 23.4 Å². The first-order valence-electron chi connectivity index (χ1n) is 7.56. The fourth-order valence-electron chi connectivity index (χ4n) is 2.46. The summed E-state index contributed by atoms with van der Waals surface area (Å²) in [6.45, 7) is 0.177. The number of carbonyl (C=O) groups excluding carboxylic acids is 1. The average molecular weight is 364 g/mol. The highest BCUT2D eigenvalue weighted by Gasteiger charge is 2.34. The summed E-state index contributed by atoms with van der Waals surface area (Å²) >= 11 is 0. The Morgan fingerprint density at radius 3 is 2.65 bits per heavy atom. The maximum absolute atomic E-state index is 13.1. The fourth-order valence-corrected chi connectivity index (χ4v) is 2.46. The molecule has 0 saturated heterocycles. The van der Waals surface area contributed by atoms with Gasteiger partial charge in [-0.05, 0) is 18.2 Å². The first kappa shape index (κ1) is 17.7. The molecule has 0 bridgehead atoms. The molecule has 0 aliphatic heterocycles. The molecule has 1 amide bonds. The number of alkyl halides is 3.